The topological polar surface area (TPSA) is 38.7 Å². The SMILES string of the molecule is CCOC=O.Cc1ccc(C(=Nc2ccccc2C)c2ccc(C(F)(F)F)cc2C)cc1. The number of carbonyl (C=O) groups excluding carboxylic acids is 1. The molecule has 3 aromatic carbocycles. The minimum atomic E-state index is -4.36. The number of benzene rings is 3. The number of nitrogens with zero attached hydrogens (tertiary/aromatic N) is 1. The number of hydrogen-bond donors (Lipinski definition) is 0. The molecule has 0 unspecified atom stereocenters. The number of para-hydroxylation sites is 1. The van der Waals surface area contributed by atoms with Gasteiger partial charge in [0.05, 0.1) is 23.6 Å². The first-order valence-electron chi connectivity index (χ1n) is 10.1. The zero-order chi connectivity index (χ0) is 23.7. The Hall–Kier alpha value is -3.41. The van der Waals surface area contributed by atoms with Crippen LogP contribution in [-0.4, -0.2) is 18.8 Å². The molecule has 3 rings (SSSR count). The Morgan fingerprint density at radius 1 is 0.938 bits per heavy atom. The van der Waals surface area contributed by atoms with Crippen molar-refractivity contribution in [2.75, 3.05) is 6.61 Å². The average molecular weight is 441 g/mol. The third-order valence-electron chi connectivity index (χ3n) is 4.72. The van der Waals surface area contributed by atoms with Crippen LogP contribution < -0.4 is 0 Å². The van der Waals surface area contributed by atoms with Crippen molar-refractivity contribution in [1.29, 1.82) is 0 Å². The summed E-state index contributed by atoms with van der Waals surface area (Å²) in [5.74, 6) is 0. The number of carbonyl (C=O) groups is 1. The summed E-state index contributed by atoms with van der Waals surface area (Å²) in [7, 11) is 0. The number of ether oxygens (including phenoxy) is 1. The fraction of sp³-hybridized carbons (Fsp3) is 0.231. The van der Waals surface area contributed by atoms with Crippen molar-refractivity contribution in [3.05, 3.63) is 100 Å². The molecular weight excluding hydrogens is 415 g/mol. The molecular formula is C26H26F3NO2. The Balaban J connectivity index is 0.000000654. The van der Waals surface area contributed by atoms with Crippen LogP contribution in [0, 0.1) is 20.8 Å². The first kappa shape index (κ1) is 24.9. The molecule has 0 aliphatic rings. The van der Waals surface area contributed by atoms with E-state index in [0.717, 1.165) is 28.4 Å². The number of hydrogen-bond acceptors (Lipinski definition) is 3. The van der Waals surface area contributed by atoms with Gasteiger partial charge in [0.25, 0.3) is 6.47 Å². The standard InChI is InChI=1S/C23H20F3N.C3H6O2/c1-15-8-10-18(11-9-15)22(27-21-7-5-4-6-16(21)2)20-13-12-19(14-17(20)3)23(24,25)26;1-2-5-3-4/h4-14H,1-3H3;3H,2H2,1H3. The highest BCUT2D eigenvalue weighted by Gasteiger charge is 2.31. The van der Waals surface area contributed by atoms with Gasteiger partial charge in [-0.05, 0) is 57.0 Å². The van der Waals surface area contributed by atoms with E-state index < -0.39 is 11.7 Å². The molecule has 3 nitrogen and oxygen atoms in total. The van der Waals surface area contributed by atoms with Gasteiger partial charge in [-0.2, -0.15) is 13.2 Å². The highest BCUT2D eigenvalue weighted by molar-refractivity contribution is 6.14. The fourth-order valence-electron chi connectivity index (χ4n) is 2.97. The third-order valence-corrected chi connectivity index (χ3v) is 4.72. The van der Waals surface area contributed by atoms with Crippen LogP contribution >= 0.6 is 0 Å². The predicted molar refractivity (Wildman–Crippen MR) is 122 cm³/mol. The molecule has 0 amide bonds. The van der Waals surface area contributed by atoms with Crippen molar-refractivity contribution in [2.45, 2.75) is 33.9 Å². The molecule has 0 aromatic heterocycles. The molecule has 168 valence electrons. The van der Waals surface area contributed by atoms with Crippen molar-refractivity contribution in [1.82, 2.24) is 0 Å². The second kappa shape index (κ2) is 11.3. The summed E-state index contributed by atoms with van der Waals surface area (Å²) in [6.45, 7) is 8.31. The van der Waals surface area contributed by atoms with Gasteiger partial charge < -0.3 is 4.74 Å². The summed E-state index contributed by atoms with van der Waals surface area (Å²) >= 11 is 0. The van der Waals surface area contributed by atoms with Crippen molar-refractivity contribution >= 4 is 17.9 Å². The zero-order valence-corrected chi connectivity index (χ0v) is 18.5. The molecule has 3 aromatic rings. The van der Waals surface area contributed by atoms with Crippen LogP contribution in [-0.2, 0) is 15.7 Å². The summed E-state index contributed by atoms with van der Waals surface area (Å²) in [5.41, 5.74) is 5.02. The molecule has 0 atom stereocenters. The van der Waals surface area contributed by atoms with E-state index in [1.165, 1.54) is 12.1 Å². The summed E-state index contributed by atoms with van der Waals surface area (Å²) in [5, 5.41) is 0. The van der Waals surface area contributed by atoms with Crippen LogP contribution in [0.5, 0.6) is 0 Å². The Labute approximate surface area is 186 Å². The predicted octanol–water partition coefficient (Wildman–Crippen LogP) is 6.98. The third kappa shape index (κ3) is 6.80. The molecule has 0 saturated heterocycles. The maximum atomic E-state index is 13.0. The van der Waals surface area contributed by atoms with Gasteiger partial charge in [0.2, 0.25) is 0 Å². The van der Waals surface area contributed by atoms with E-state index >= 15 is 0 Å². The van der Waals surface area contributed by atoms with Crippen molar-refractivity contribution < 1.29 is 22.7 Å². The fourth-order valence-corrected chi connectivity index (χ4v) is 2.97. The van der Waals surface area contributed by atoms with Gasteiger partial charge in [-0.15, -0.1) is 0 Å². The monoisotopic (exact) mass is 441 g/mol. The van der Waals surface area contributed by atoms with Crippen molar-refractivity contribution in [2.24, 2.45) is 4.99 Å². The lowest BCUT2D eigenvalue weighted by Crippen LogP contribution is -2.10. The maximum absolute atomic E-state index is 13.0. The molecule has 0 N–H and O–H groups in total. The molecule has 0 bridgehead atoms. The lowest BCUT2D eigenvalue weighted by atomic mass is 9.95. The van der Waals surface area contributed by atoms with E-state index in [1.807, 2.05) is 62.4 Å². The number of alkyl halides is 3. The Bertz CT molecular complexity index is 1070. The van der Waals surface area contributed by atoms with Gasteiger partial charge in [-0.3, -0.25) is 4.79 Å². The Morgan fingerprint density at radius 2 is 1.59 bits per heavy atom. The average Bonchev–Trinajstić information content (AvgIpc) is 2.75. The Kier molecular flexibility index (Phi) is 8.76. The van der Waals surface area contributed by atoms with E-state index in [-0.39, 0.29) is 0 Å². The van der Waals surface area contributed by atoms with Crippen molar-refractivity contribution in [3.63, 3.8) is 0 Å². The lowest BCUT2D eigenvalue weighted by molar-refractivity contribution is -0.137. The van der Waals surface area contributed by atoms with Crippen LogP contribution in [0.25, 0.3) is 0 Å². The number of aryl methyl sites for hydroxylation is 3. The molecule has 0 aliphatic carbocycles. The van der Waals surface area contributed by atoms with Crippen LogP contribution in [0.1, 0.15) is 40.3 Å². The smallest absolute Gasteiger partial charge is 0.416 e. The van der Waals surface area contributed by atoms with Gasteiger partial charge in [0, 0.05) is 11.1 Å². The minimum Gasteiger partial charge on any atom is -0.468 e. The van der Waals surface area contributed by atoms with Crippen LogP contribution in [0.2, 0.25) is 0 Å². The Morgan fingerprint density at radius 3 is 2.09 bits per heavy atom. The molecule has 0 fully saturated rings. The summed E-state index contributed by atoms with van der Waals surface area (Å²) in [6, 6.07) is 19.4. The molecule has 6 heteroatoms. The van der Waals surface area contributed by atoms with E-state index in [4.69, 9.17) is 4.99 Å². The number of rotatable bonds is 5. The largest absolute Gasteiger partial charge is 0.468 e. The summed E-state index contributed by atoms with van der Waals surface area (Å²) < 4.78 is 43.3. The molecule has 0 aliphatic heterocycles. The number of halogens is 3. The first-order chi connectivity index (χ1) is 15.2. The van der Waals surface area contributed by atoms with E-state index in [0.29, 0.717) is 29.9 Å². The molecule has 0 spiro atoms. The van der Waals surface area contributed by atoms with E-state index in [9.17, 15) is 18.0 Å². The minimum absolute atomic E-state index is 0.431. The van der Waals surface area contributed by atoms with Gasteiger partial charge in [-0.25, -0.2) is 4.99 Å². The molecule has 32 heavy (non-hydrogen) atoms. The summed E-state index contributed by atoms with van der Waals surface area (Å²) in [4.78, 5) is 14.0. The van der Waals surface area contributed by atoms with Crippen molar-refractivity contribution in [3.8, 4) is 0 Å². The molecule has 0 radical (unpaired) electrons. The number of aliphatic imine (C=N–C) groups is 1. The first-order valence-corrected chi connectivity index (χ1v) is 10.1. The molecule has 0 heterocycles. The van der Waals surface area contributed by atoms with Crippen LogP contribution in [0.4, 0.5) is 18.9 Å². The van der Waals surface area contributed by atoms with Gasteiger partial charge in [0.1, 0.15) is 0 Å². The highest BCUT2D eigenvalue weighted by Crippen LogP contribution is 2.31. The highest BCUT2D eigenvalue weighted by atomic mass is 19.4. The van der Waals surface area contributed by atoms with Gasteiger partial charge >= 0.3 is 6.18 Å². The normalized spacial score (nSPS) is 11.4. The second-order valence-electron chi connectivity index (χ2n) is 7.19. The van der Waals surface area contributed by atoms with Crippen LogP contribution in [0.3, 0.4) is 0 Å². The van der Waals surface area contributed by atoms with Gasteiger partial charge in [-0.1, -0.05) is 54.1 Å². The lowest BCUT2D eigenvalue weighted by Gasteiger charge is -2.14. The van der Waals surface area contributed by atoms with Crippen LogP contribution in [0.15, 0.2) is 71.7 Å². The summed E-state index contributed by atoms with van der Waals surface area (Å²) in [6.07, 6.45) is -4.36. The second-order valence-corrected chi connectivity index (χ2v) is 7.19. The molecule has 0 saturated carbocycles. The quantitative estimate of drug-likeness (QED) is 0.316. The zero-order valence-electron chi connectivity index (χ0n) is 18.5. The van der Waals surface area contributed by atoms with E-state index in [2.05, 4.69) is 4.74 Å². The maximum Gasteiger partial charge on any atom is 0.416 e. The van der Waals surface area contributed by atoms with E-state index in [1.54, 1.807) is 13.8 Å². The van der Waals surface area contributed by atoms with Gasteiger partial charge in [0.15, 0.2) is 0 Å².